The van der Waals surface area contributed by atoms with Crippen molar-refractivity contribution in [2.45, 2.75) is 39.2 Å². The van der Waals surface area contributed by atoms with Crippen LogP contribution in [0.2, 0.25) is 0 Å². The zero-order valence-corrected chi connectivity index (χ0v) is 18.4. The zero-order valence-electron chi connectivity index (χ0n) is 17.6. The summed E-state index contributed by atoms with van der Waals surface area (Å²) < 4.78 is 5.13. The van der Waals surface area contributed by atoms with Gasteiger partial charge in [-0.1, -0.05) is 23.8 Å². The summed E-state index contributed by atoms with van der Waals surface area (Å²) in [4.78, 5) is 31.0. The molecule has 1 aromatic carbocycles. The van der Waals surface area contributed by atoms with Gasteiger partial charge in [0, 0.05) is 31.7 Å². The van der Waals surface area contributed by atoms with Crippen molar-refractivity contribution in [1.82, 2.24) is 18.7 Å². The van der Waals surface area contributed by atoms with Crippen LogP contribution in [-0.2, 0) is 20.6 Å². The van der Waals surface area contributed by atoms with Crippen molar-refractivity contribution in [3.63, 3.8) is 0 Å². The molecule has 4 heterocycles. The first-order valence-corrected chi connectivity index (χ1v) is 11.1. The van der Waals surface area contributed by atoms with Crippen molar-refractivity contribution in [1.29, 1.82) is 0 Å². The Morgan fingerprint density at radius 2 is 1.93 bits per heavy atom. The fourth-order valence-electron chi connectivity index (χ4n) is 4.78. The lowest BCUT2D eigenvalue weighted by atomic mass is 9.95. The molecule has 0 saturated carbocycles. The third kappa shape index (κ3) is 2.65. The molecule has 0 aliphatic carbocycles. The summed E-state index contributed by atoms with van der Waals surface area (Å²) in [5.74, 6) is 0.0798. The number of nitrogens with zero attached hydrogens (tertiary/aromatic N) is 4. The van der Waals surface area contributed by atoms with Gasteiger partial charge in [-0.05, 0) is 38.3 Å². The molecular weight excluding hydrogens is 396 g/mol. The molecule has 5 rings (SSSR count). The van der Waals surface area contributed by atoms with Gasteiger partial charge in [-0.2, -0.15) is 0 Å². The lowest BCUT2D eigenvalue weighted by molar-refractivity contribution is 0.495. The number of benzene rings is 1. The molecule has 1 aliphatic rings. The molecule has 0 N–H and O–H groups in total. The quantitative estimate of drug-likeness (QED) is 0.497. The largest absolute Gasteiger partial charge is 0.341 e. The molecule has 30 heavy (non-hydrogen) atoms. The first-order chi connectivity index (χ1) is 14.4. The van der Waals surface area contributed by atoms with Gasteiger partial charge in [0.25, 0.3) is 5.56 Å². The van der Waals surface area contributed by atoms with E-state index in [-0.39, 0.29) is 17.2 Å². The Labute approximate surface area is 178 Å². The topological polar surface area (TPSA) is 61.8 Å². The lowest BCUT2D eigenvalue weighted by Gasteiger charge is -2.25. The van der Waals surface area contributed by atoms with Gasteiger partial charge in [-0.15, -0.1) is 11.3 Å². The molecule has 6 nitrogen and oxygen atoms in total. The molecule has 4 aromatic rings. The average Bonchev–Trinajstić information content (AvgIpc) is 3.32. The number of rotatable bonds is 2. The highest BCUT2D eigenvalue weighted by Crippen LogP contribution is 2.43. The minimum Gasteiger partial charge on any atom is -0.341 e. The molecular formula is C23H24N4O2S. The Bertz CT molecular complexity index is 1420. The smallest absolute Gasteiger partial charge is 0.331 e. The summed E-state index contributed by atoms with van der Waals surface area (Å²) in [7, 11) is 3.33. The van der Waals surface area contributed by atoms with Gasteiger partial charge in [-0.25, -0.2) is 9.78 Å². The van der Waals surface area contributed by atoms with Gasteiger partial charge in [0.1, 0.15) is 5.01 Å². The van der Waals surface area contributed by atoms with E-state index in [1.54, 1.807) is 30.0 Å². The molecule has 1 aliphatic heterocycles. The van der Waals surface area contributed by atoms with E-state index in [4.69, 9.17) is 4.98 Å². The predicted octanol–water partition coefficient (Wildman–Crippen LogP) is 3.70. The second-order valence-electron chi connectivity index (χ2n) is 8.21. The molecule has 0 saturated heterocycles. The second kappa shape index (κ2) is 6.80. The molecule has 0 radical (unpaired) electrons. The first-order valence-electron chi connectivity index (χ1n) is 10.2. The van der Waals surface area contributed by atoms with Gasteiger partial charge in [0.05, 0.1) is 28.2 Å². The summed E-state index contributed by atoms with van der Waals surface area (Å²) >= 11 is 1.66. The third-order valence-corrected chi connectivity index (χ3v) is 7.21. The fourth-order valence-corrected chi connectivity index (χ4v) is 5.72. The van der Waals surface area contributed by atoms with Gasteiger partial charge < -0.3 is 4.57 Å². The molecule has 1 atom stereocenters. The van der Waals surface area contributed by atoms with Gasteiger partial charge in [0.2, 0.25) is 0 Å². The summed E-state index contributed by atoms with van der Waals surface area (Å²) in [6.07, 6.45) is 1.97. The summed E-state index contributed by atoms with van der Waals surface area (Å²) in [5.41, 5.74) is 5.33. The van der Waals surface area contributed by atoms with Crippen molar-refractivity contribution in [3.05, 3.63) is 72.4 Å². The van der Waals surface area contributed by atoms with Gasteiger partial charge >= 0.3 is 5.69 Å². The number of fused-ring (bicyclic) bond motifs is 3. The Kier molecular flexibility index (Phi) is 4.32. The number of thiazole rings is 1. The van der Waals surface area contributed by atoms with Crippen LogP contribution in [0.1, 0.15) is 40.7 Å². The maximum absolute atomic E-state index is 13.4. The van der Waals surface area contributed by atoms with Crippen LogP contribution in [0.4, 0.5) is 0 Å². The van der Waals surface area contributed by atoms with Crippen LogP contribution < -0.4 is 11.2 Å². The van der Waals surface area contributed by atoms with Crippen molar-refractivity contribution in [3.8, 4) is 11.3 Å². The maximum atomic E-state index is 13.4. The Morgan fingerprint density at radius 3 is 2.63 bits per heavy atom. The maximum Gasteiger partial charge on any atom is 0.331 e. The van der Waals surface area contributed by atoms with Crippen LogP contribution in [0.25, 0.3) is 22.2 Å². The van der Waals surface area contributed by atoms with E-state index >= 15 is 0 Å². The van der Waals surface area contributed by atoms with Crippen LogP contribution in [0.5, 0.6) is 0 Å². The predicted molar refractivity (Wildman–Crippen MR) is 121 cm³/mol. The van der Waals surface area contributed by atoms with Crippen LogP contribution >= 0.6 is 11.3 Å². The summed E-state index contributed by atoms with van der Waals surface area (Å²) in [6, 6.07) is 8.24. The molecule has 7 heteroatoms. The van der Waals surface area contributed by atoms with Crippen LogP contribution in [0.3, 0.4) is 0 Å². The Hall–Kier alpha value is -2.93. The van der Waals surface area contributed by atoms with Crippen LogP contribution in [0, 0.1) is 13.8 Å². The Morgan fingerprint density at radius 1 is 1.13 bits per heavy atom. The molecule has 1 unspecified atom stereocenters. The van der Waals surface area contributed by atoms with E-state index in [1.165, 1.54) is 4.57 Å². The molecule has 0 spiro atoms. The average molecular weight is 421 g/mol. The molecule has 0 amide bonds. The van der Waals surface area contributed by atoms with Crippen molar-refractivity contribution < 1.29 is 0 Å². The zero-order chi connectivity index (χ0) is 21.2. The molecule has 0 fully saturated rings. The minimum absolute atomic E-state index is 0.0798. The van der Waals surface area contributed by atoms with Gasteiger partial charge in [-0.3, -0.25) is 13.9 Å². The van der Waals surface area contributed by atoms with E-state index in [2.05, 4.69) is 35.1 Å². The number of hydrogen-bond donors (Lipinski definition) is 0. The van der Waals surface area contributed by atoms with Crippen molar-refractivity contribution in [2.75, 3.05) is 0 Å². The highest BCUT2D eigenvalue weighted by atomic mass is 32.1. The minimum atomic E-state index is -0.295. The van der Waals surface area contributed by atoms with E-state index in [0.29, 0.717) is 5.39 Å². The number of aryl methyl sites for hydroxylation is 3. The monoisotopic (exact) mass is 420 g/mol. The molecule has 154 valence electrons. The highest BCUT2D eigenvalue weighted by molar-refractivity contribution is 7.09. The van der Waals surface area contributed by atoms with E-state index < -0.39 is 0 Å². The van der Waals surface area contributed by atoms with E-state index in [1.807, 2.05) is 13.0 Å². The molecule has 0 bridgehead atoms. The fraction of sp³-hybridized carbons (Fsp3) is 0.348. The number of hydrogen-bond acceptors (Lipinski definition) is 4. The van der Waals surface area contributed by atoms with E-state index in [0.717, 1.165) is 58.1 Å². The molecule has 3 aromatic heterocycles. The van der Waals surface area contributed by atoms with Crippen LogP contribution in [-0.4, -0.2) is 18.7 Å². The normalized spacial score (nSPS) is 16.2. The first kappa shape index (κ1) is 19.1. The SMILES string of the molecule is Cc1cccc(-c2c3c(=O)n(C)c(=O)n(C)c3c3n2CCCC3c2nc(C)cs2)c1. The highest BCUT2D eigenvalue weighted by Gasteiger charge is 2.33. The lowest BCUT2D eigenvalue weighted by Crippen LogP contribution is -2.37. The number of aromatic nitrogens is 4. The van der Waals surface area contributed by atoms with Crippen LogP contribution in [0.15, 0.2) is 39.2 Å². The summed E-state index contributed by atoms with van der Waals surface area (Å²) in [6.45, 7) is 4.88. The van der Waals surface area contributed by atoms with Crippen molar-refractivity contribution >= 4 is 22.2 Å². The third-order valence-electron chi connectivity index (χ3n) is 6.14. The van der Waals surface area contributed by atoms with E-state index in [9.17, 15) is 9.59 Å². The standard InChI is InChI=1S/C23H24N4O2S/c1-13-7-5-8-15(11-13)18-17-20(25(3)23(29)26(4)22(17)28)19-16(9-6-10-27(18)19)21-24-14(2)12-30-21/h5,7-8,11-12,16H,6,9-10H2,1-4H3. The second-order valence-corrected chi connectivity index (χ2v) is 9.10. The Balaban J connectivity index is 1.97. The van der Waals surface area contributed by atoms with Crippen molar-refractivity contribution in [2.24, 2.45) is 14.1 Å². The summed E-state index contributed by atoms with van der Waals surface area (Å²) in [5, 5.41) is 3.75. The van der Waals surface area contributed by atoms with Gasteiger partial charge in [0.15, 0.2) is 0 Å².